The summed E-state index contributed by atoms with van der Waals surface area (Å²) in [7, 11) is 1.56. The molecule has 2 aliphatic rings. The first kappa shape index (κ1) is 32.7. The van der Waals surface area contributed by atoms with Crippen molar-refractivity contribution in [3.8, 4) is 22.8 Å². The number of hydrogen-bond donors (Lipinski definition) is 1. The Morgan fingerprint density at radius 2 is 1.86 bits per heavy atom. The zero-order valence-corrected chi connectivity index (χ0v) is 28.0. The Kier molecular flexibility index (Phi) is 9.41. The zero-order chi connectivity index (χ0) is 34.6. The minimum atomic E-state index is -0.484. The third-order valence-electron chi connectivity index (χ3n) is 9.18. The number of halogens is 1. The summed E-state index contributed by atoms with van der Waals surface area (Å²) in [5.41, 5.74) is 3.66. The van der Waals surface area contributed by atoms with E-state index in [4.69, 9.17) is 9.47 Å². The molecule has 0 bridgehead atoms. The number of methoxy groups -OCH3 is 1. The maximum absolute atomic E-state index is 16.7. The number of amides is 2. The summed E-state index contributed by atoms with van der Waals surface area (Å²) in [4.78, 5) is 48.5. The average molecular weight is 680 g/mol. The fourth-order valence-corrected chi connectivity index (χ4v) is 6.66. The normalized spacial score (nSPS) is 14.9. The van der Waals surface area contributed by atoms with Crippen LogP contribution in [0.5, 0.6) is 11.6 Å². The van der Waals surface area contributed by atoms with Gasteiger partial charge >= 0.3 is 0 Å². The van der Waals surface area contributed by atoms with Gasteiger partial charge < -0.3 is 29.2 Å². The second-order valence-corrected chi connectivity index (χ2v) is 12.1. The number of H-pyrrole nitrogens is 1. The minimum Gasteiger partial charge on any atom is -0.493 e. The van der Waals surface area contributed by atoms with E-state index in [0.717, 1.165) is 5.69 Å². The van der Waals surface area contributed by atoms with Crippen LogP contribution in [0.1, 0.15) is 35.8 Å². The van der Waals surface area contributed by atoms with Crippen LogP contribution in [0.4, 0.5) is 10.1 Å². The largest absolute Gasteiger partial charge is 0.493 e. The van der Waals surface area contributed by atoms with Gasteiger partial charge in [0.1, 0.15) is 23.5 Å². The molecule has 13 nitrogen and oxygen atoms in total. The quantitative estimate of drug-likeness (QED) is 0.228. The fraction of sp³-hybridized carbons (Fsp3) is 0.333. The molecule has 6 heterocycles. The average Bonchev–Trinajstić information content (AvgIpc) is 3.86. The molecule has 50 heavy (non-hydrogen) atoms. The lowest BCUT2D eigenvalue weighted by atomic mass is 9.93. The first-order valence-electron chi connectivity index (χ1n) is 16.7. The molecule has 0 unspecified atom stereocenters. The second kappa shape index (κ2) is 14.4. The van der Waals surface area contributed by atoms with E-state index in [1.165, 1.54) is 6.33 Å². The molecule has 0 aliphatic carbocycles. The number of ether oxygens (including phenoxy) is 2. The van der Waals surface area contributed by atoms with Crippen molar-refractivity contribution >= 4 is 34.0 Å². The molecule has 1 fully saturated rings. The summed E-state index contributed by atoms with van der Waals surface area (Å²) in [5, 5.41) is 4.73. The molecular weight excluding hydrogens is 641 g/mol. The van der Waals surface area contributed by atoms with Crippen LogP contribution in [-0.4, -0.2) is 104 Å². The van der Waals surface area contributed by atoms with Crippen molar-refractivity contribution in [2.75, 3.05) is 57.9 Å². The summed E-state index contributed by atoms with van der Waals surface area (Å²) in [6, 6.07) is 7.10. The van der Waals surface area contributed by atoms with Crippen molar-refractivity contribution in [3.05, 3.63) is 84.7 Å². The number of pyridine rings is 1. The fourth-order valence-electron chi connectivity index (χ4n) is 6.66. The molecule has 5 aromatic rings. The Bertz CT molecular complexity index is 2040. The van der Waals surface area contributed by atoms with E-state index < -0.39 is 5.82 Å². The standard InChI is InChI=1S/C36H38FN9O4/c1-3-50-31-7-10-38-20-28(31)26-18-25(24-6-4-11-45(22-24)32(47)8-13-46-12-5-9-41-46)33(37)34-27(26)19-29(42-34)36(48)44-16-14-43(15-17-44)30-21-39-23-40-35(30)49-2/h5-7,9-10,12,18-21,23,42H,3-4,8,11,13-17,22H2,1-2H3. The topological polar surface area (TPSA) is 135 Å². The summed E-state index contributed by atoms with van der Waals surface area (Å²) >= 11 is 0. The van der Waals surface area contributed by atoms with E-state index in [1.54, 1.807) is 64.6 Å². The Morgan fingerprint density at radius 1 is 1.00 bits per heavy atom. The molecule has 258 valence electrons. The van der Waals surface area contributed by atoms with E-state index in [9.17, 15) is 9.59 Å². The molecular formula is C36H38FN9O4. The lowest BCUT2D eigenvalue weighted by Gasteiger charge is -2.35. The van der Waals surface area contributed by atoms with Crippen LogP contribution in [0.2, 0.25) is 0 Å². The number of benzene rings is 1. The van der Waals surface area contributed by atoms with Crippen LogP contribution in [0.15, 0.2) is 67.7 Å². The van der Waals surface area contributed by atoms with Crippen molar-refractivity contribution in [2.45, 2.75) is 26.3 Å². The van der Waals surface area contributed by atoms with Crippen LogP contribution < -0.4 is 14.4 Å². The van der Waals surface area contributed by atoms with Crippen LogP contribution in [0, 0.1) is 5.82 Å². The number of hydrogen-bond acceptors (Lipinski definition) is 9. The highest BCUT2D eigenvalue weighted by molar-refractivity contribution is 6.05. The zero-order valence-electron chi connectivity index (χ0n) is 28.0. The summed E-state index contributed by atoms with van der Waals surface area (Å²) in [6.45, 7) is 5.61. The predicted molar refractivity (Wildman–Crippen MR) is 185 cm³/mol. The number of aromatic nitrogens is 6. The smallest absolute Gasteiger partial charge is 0.270 e. The van der Waals surface area contributed by atoms with Crippen molar-refractivity contribution < 1.29 is 23.5 Å². The molecule has 4 aromatic heterocycles. The maximum atomic E-state index is 16.7. The predicted octanol–water partition coefficient (Wildman–Crippen LogP) is 4.43. The number of aromatic amines is 1. The van der Waals surface area contributed by atoms with Gasteiger partial charge in [0, 0.05) is 93.5 Å². The number of piperazine rings is 1. The molecule has 0 saturated carbocycles. The summed E-state index contributed by atoms with van der Waals surface area (Å²) in [6.07, 6.45) is 12.8. The van der Waals surface area contributed by atoms with Gasteiger partial charge in [-0.1, -0.05) is 6.08 Å². The number of fused-ring (bicyclic) bond motifs is 1. The SMILES string of the molecule is CCOc1ccncc1-c1cc(C2=CCCN(C(=O)CCn3cccn3)C2)c(F)c2[nH]c(C(=O)N3CCN(c4cncnc4OC)CC3)cc12. The number of anilines is 1. The van der Waals surface area contributed by atoms with Crippen molar-refractivity contribution in [1.29, 1.82) is 0 Å². The van der Waals surface area contributed by atoms with Crippen molar-refractivity contribution in [1.82, 2.24) is 39.5 Å². The number of nitrogens with zero attached hydrogens (tertiary/aromatic N) is 8. The monoisotopic (exact) mass is 679 g/mol. The van der Waals surface area contributed by atoms with Crippen molar-refractivity contribution in [2.24, 2.45) is 0 Å². The Labute approximate surface area is 288 Å². The van der Waals surface area contributed by atoms with Gasteiger partial charge in [-0.05, 0) is 48.7 Å². The molecule has 1 saturated heterocycles. The lowest BCUT2D eigenvalue weighted by molar-refractivity contribution is -0.131. The van der Waals surface area contributed by atoms with Gasteiger partial charge in [0.05, 0.1) is 25.4 Å². The van der Waals surface area contributed by atoms with Gasteiger partial charge in [-0.3, -0.25) is 19.3 Å². The van der Waals surface area contributed by atoms with E-state index >= 15 is 4.39 Å². The molecule has 0 spiro atoms. The maximum Gasteiger partial charge on any atom is 0.270 e. The molecule has 0 radical (unpaired) electrons. The number of carbonyl (C=O) groups excluding carboxylic acids is 2. The molecule has 0 atom stereocenters. The highest BCUT2D eigenvalue weighted by atomic mass is 19.1. The third kappa shape index (κ3) is 6.48. The highest BCUT2D eigenvalue weighted by Crippen LogP contribution is 2.40. The number of carbonyl (C=O) groups is 2. The van der Waals surface area contributed by atoms with Crippen LogP contribution in [0.25, 0.3) is 27.6 Å². The molecule has 1 N–H and O–H groups in total. The highest BCUT2D eigenvalue weighted by Gasteiger charge is 2.29. The van der Waals surface area contributed by atoms with E-state index in [0.29, 0.717) is 91.6 Å². The first-order chi connectivity index (χ1) is 24.4. The second-order valence-electron chi connectivity index (χ2n) is 12.1. The van der Waals surface area contributed by atoms with Gasteiger partial charge in [-0.15, -0.1) is 0 Å². The van der Waals surface area contributed by atoms with E-state index in [2.05, 4.69) is 29.9 Å². The van der Waals surface area contributed by atoms with Gasteiger partial charge in [0.25, 0.3) is 5.91 Å². The van der Waals surface area contributed by atoms with Crippen LogP contribution in [-0.2, 0) is 11.3 Å². The van der Waals surface area contributed by atoms with Gasteiger partial charge in [-0.2, -0.15) is 5.10 Å². The Balaban J connectivity index is 1.20. The van der Waals surface area contributed by atoms with E-state index in [-0.39, 0.29) is 36.0 Å². The third-order valence-corrected chi connectivity index (χ3v) is 9.18. The van der Waals surface area contributed by atoms with Gasteiger partial charge in [-0.25, -0.2) is 14.4 Å². The number of rotatable bonds is 10. The first-order valence-corrected chi connectivity index (χ1v) is 16.7. The van der Waals surface area contributed by atoms with Gasteiger partial charge in [0.2, 0.25) is 11.8 Å². The molecule has 14 heteroatoms. The van der Waals surface area contributed by atoms with Gasteiger partial charge in [0.15, 0.2) is 5.82 Å². The van der Waals surface area contributed by atoms with Crippen LogP contribution in [0.3, 0.4) is 0 Å². The number of nitrogens with one attached hydrogen (secondary N) is 1. The minimum absolute atomic E-state index is 0.0233. The lowest BCUT2D eigenvalue weighted by Crippen LogP contribution is -2.49. The molecule has 7 rings (SSSR count). The number of aryl methyl sites for hydroxylation is 1. The van der Waals surface area contributed by atoms with Crippen LogP contribution >= 0.6 is 0 Å². The van der Waals surface area contributed by atoms with Crippen molar-refractivity contribution in [3.63, 3.8) is 0 Å². The molecule has 1 aromatic carbocycles. The summed E-state index contributed by atoms with van der Waals surface area (Å²) < 4.78 is 29.8. The Hall–Kier alpha value is -5.79. The Morgan fingerprint density at radius 3 is 2.64 bits per heavy atom. The van der Waals surface area contributed by atoms with E-state index in [1.807, 2.05) is 25.3 Å². The summed E-state index contributed by atoms with van der Waals surface area (Å²) in [5.74, 6) is 0.337. The molecule has 2 amide bonds. The molecule has 2 aliphatic heterocycles.